The van der Waals surface area contributed by atoms with E-state index >= 15 is 0 Å². The molecule has 0 rings (SSSR count). The molecule has 0 heterocycles. The Morgan fingerprint density at radius 3 is 0.709 bits per heavy atom. The minimum absolute atomic E-state index is 0.0324. The second-order valence-electron chi connectivity index (χ2n) is 11.6. The van der Waals surface area contributed by atoms with E-state index in [9.17, 15) is 0 Å². The molecule has 0 bridgehead atoms. The largest absolute Gasteiger partial charge is 0.384 e. The second kappa shape index (κ2) is 53.3. The van der Waals surface area contributed by atoms with Crippen LogP contribution in [0.3, 0.4) is 0 Å². The van der Waals surface area contributed by atoms with Crippen molar-refractivity contribution >= 4 is 0 Å². The van der Waals surface area contributed by atoms with Crippen molar-refractivity contribution in [1.82, 2.24) is 0 Å². The van der Waals surface area contributed by atoms with Crippen LogP contribution in [0.2, 0.25) is 0 Å². The highest BCUT2D eigenvalue weighted by atomic mass is 16.6. The average Bonchev–Trinajstić information content (AvgIpc) is 3.19. The molecule has 4 atom stereocenters. The Morgan fingerprint density at radius 1 is 0.273 bits per heavy atom. The fourth-order valence-corrected chi connectivity index (χ4v) is 4.25. The summed E-state index contributed by atoms with van der Waals surface area (Å²) in [5.74, 6) is 0. The lowest BCUT2D eigenvalue weighted by atomic mass is 9.92. The Labute approximate surface area is 334 Å². The molecule has 0 N–H and O–H groups in total. The monoisotopic (exact) mass is 817 g/mol. The molecule has 0 saturated carbocycles. The Morgan fingerprint density at radius 2 is 0.527 bits per heavy atom. The Kier molecular flexibility index (Phi) is 61.5. The van der Waals surface area contributed by atoms with Gasteiger partial charge in [-0.15, -0.1) is 0 Å². The summed E-state index contributed by atoms with van der Waals surface area (Å²) in [5, 5.41) is 0. The zero-order chi connectivity index (χ0) is 43.0. The van der Waals surface area contributed by atoms with Crippen molar-refractivity contribution in [3.63, 3.8) is 0 Å². The van der Waals surface area contributed by atoms with Crippen LogP contribution in [0.4, 0.5) is 0 Å². The Bertz CT molecular complexity index is 590. The predicted octanol–water partition coefficient (Wildman–Crippen LogP) is 1.77. The Hall–Kier alpha value is -0.720. The van der Waals surface area contributed by atoms with Crippen molar-refractivity contribution in [2.45, 2.75) is 30.5 Å². The summed E-state index contributed by atoms with van der Waals surface area (Å²) in [6, 6.07) is 0. The lowest BCUT2D eigenvalue weighted by molar-refractivity contribution is -0.0912. The maximum Gasteiger partial charge on any atom is 0.109 e. The van der Waals surface area contributed by atoms with Crippen molar-refractivity contribution in [2.24, 2.45) is 5.41 Å². The van der Waals surface area contributed by atoms with Crippen LogP contribution in [0.15, 0.2) is 0 Å². The van der Waals surface area contributed by atoms with Gasteiger partial charge in [0.25, 0.3) is 0 Å². The minimum Gasteiger partial charge on any atom is -0.384 e. The zero-order valence-electron chi connectivity index (χ0n) is 37.6. The van der Waals surface area contributed by atoms with E-state index in [0.29, 0.717) is 92.5 Å². The molecule has 0 aromatic rings. The number of rotatable bonds is 33. The van der Waals surface area contributed by atoms with Gasteiger partial charge >= 0.3 is 0 Å². The number of ether oxygens (including phenoxy) is 18. The molecule has 18 nitrogen and oxygen atoms in total. The average molecular weight is 817 g/mol. The van der Waals surface area contributed by atoms with Crippen LogP contribution in [-0.4, -0.2) is 244 Å². The highest BCUT2D eigenvalue weighted by Crippen LogP contribution is 2.19. The lowest BCUT2D eigenvalue weighted by Gasteiger charge is -2.30. The Balaban J connectivity index is -0.000000195. The maximum absolute atomic E-state index is 5.43. The smallest absolute Gasteiger partial charge is 0.109 e. The molecule has 340 valence electrons. The summed E-state index contributed by atoms with van der Waals surface area (Å²) < 4.78 is 90.4. The molecular weight excluding hydrogens is 732 g/mol. The van der Waals surface area contributed by atoms with Crippen LogP contribution in [-0.2, 0) is 85.3 Å². The van der Waals surface area contributed by atoms with E-state index in [1.807, 2.05) is 0 Å². The lowest BCUT2D eigenvalue weighted by Crippen LogP contribution is -2.40. The molecule has 0 radical (unpaired) electrons. The summed E-state index contributed by atoms with van der Waals surface area (Å²) >= 11 is 0. The van der Waals surface area contributed by atoms with Gasteiger partial charge in [0.15, 0.2) is 0 Å². The number of hydrogen-bond donors (Lipinski definition) is 0. The molecule has 4 unspecified atom stereocenters. The fraction of sp³-hybridized carbons (Fsp3) is 1.00. The first-order valence-corrected chi connectivity index (χ1v) is 17.7. The standard InChI is InChI=1S/C10H22O5.C9H20O4.C8H18O4.C6H14O3.C4H10O2/c1-11-5-9(13-3)7-15-8-10(14-4)6-12-2;1-10-5-9(6-11-2,7-12-3)8-13-4;1-9-5-7(11-3)8(12-4)6-10-2;1-7-4-6(9-3)5-8-2;1-5-3-4-6-2/h9-10H,5-8H2,1-4H3;5-8H2,1-4H3;7-8H,5-6H2,1-4H3;6H,4-5H2,1-3H3;3-4H2,1-2H3. The van der Waals surface area contributed by atoms with Gasteiger partial charge in [0.1, 0.15) is 30.5 Å². The quantitative estimate of drug-likeness (QED) is 0.0879. The third-order valence-corrected chi connectivity index (χ3v) is 6.99. The molecular formula is C37H84O18. The summed E-state index contributed by atoms with van der Waals surface area (Å²) in [6.45, 7) is 7.91. The summed E-state index contributed by atoms with van der Waals surface area (Å²) in [5.41, 5.74) is -0.188. The van der Waals surface area contributed by atoms with E-state index in [1.165, 1.54) is 0 Å². The van der Waals surface area contributed by atoms with Gasteiger partial charge < -0.3 is 85.3 Å². The summed E-state index contributed by atoms with van der Waals surface area (Å²) in [7, 11) is 27.9. The number of hydrogen-bond acceptors (Lipinski definition) is 18. The van der Waals surface area contributed by atoms with E-state index in [2.05, 4.69) is 9.47 Å². The van der Waals surface area contributed by atoms with Crippen molar-refractivity contribution in [2.75, 3.05) is 213 Å². The van der Waals surface area contributed by atoms with Crippen LogP contribution in [0.5, 0.6) is 0 Å². The molecule has 0 aliphatic carbocycles. The minimum atomic E-state index is -0.188. The van der Waals surface area contributed by atoms with Gasteiger partial charge in [-0.05, 0) is 0 Å². The van der Waals surface area contributed by atoms with Crippen LogP contribution in [0, 0.1) is 5.41 Å². The molecule has 0 spiro atoms. The van der Waals surface area contributed by atoms with Crippen LogP contribution in [0.25, 0.3) is 0 Å². The first-order valence-electron chi connectivity index (χ1n) is 17.7. The normalized spacial score (nSPS) is 13.2. The third kappa shape index (κ3) is 44.2. The van der Waals surface area contributed by atoms with Crippen LogP contribution < -0.4 is 0 Å². The zero-order valence-corrected chi connectivity index (χ0v) is 37.6. The van der Waals surface area contributed by atoms with E-state index in [-0.39, 0.29) is 35.9 Å². The van der Waals surface area contributed by atoms with E-state index in [4.69, 9.17) is 75.8 Å². The molecule has 55 heavy (non-hydrogen) atoms. The van der Waals surface area contributed by atoms with Crippen molar-refractivity contribution in [1.29, 1.82) is 0 Å². The van der Waals surface area contributed by atoms with Gasteiger partial charge in [0.2, 0.25) is 0 Å². The topological polar surface area (TPSA) is 166 Å². The van der Waals surface area contributed by atoms with Crippen LogP contribution in [0.1, 0.15) is 0 Å². The molecule has 0 aliphatic rings. The third-order valence-electron chi connectivity index (χ3n) is 6.99. The van der Waals surface area contributed by atoms with E-state index < -0.39 is 0 Å². The maximum atomic E-state index is 5.43. The highest BCUT2D eigenvalue weighted by Gasteiger charge is 2.30. The van der Waals surface area contributed by atoms with Crippen LogP contribution >= 0.6 is 0 Å². The van der Waals surface area contributed by atoms with E-state index in [0.717, 1.165) is 0 Å². The first kappa shape index (κ1) is 63.4. The molecule has 0 fully saturated rings. The molecule has 0 aromatic carbocycles. The second-order valence-corrected chi connectivity index (χ2v) is 11.6. The van der Waals surface area contributed by atoms with Gasteiger partial charge in [-0.3, -0.25) is 0 Å². The highest BCUT2D eigenvalue weighted by molar-refractivity contribution is 4.78. The summed E-state index contributed by atoms with van der Waals surface area (Å²) in [4.78, 5) is 0. The molecule has 0 amide bonds. The first-order chi connectivity index (χ1) is 26.6. The molecule has 0 aliphatic heterocycles. The molecule has 18 heteroatoms. The van der Waals surface area contributed by atoms with Gasteiger partial charge in [-0.25, -0.2) is 0 Å². The van der Waals surface area contributed by atoms with Gasteiger partial charge in [-0.2, -0.15) is 0 Å². The summed E-state index contributed by atoms with van der Waals surface area (Å²) in [6.07, 6.45) is -0.134. The predicted molar refractivity (Wildman–Crippen MR) is 210 cm³/mol. The van der Waals surface area contributed by atoms with E-state index in [1.54, 1.807) is 121 Å². The van der Waals surface area contributed by atoms with Crippen molar-refractivity contribution < 1.29 is 85.3 Å². The molecule has 0 aromatic heterocycles. The van der Waals surface area contributed by atoms with Gasteiger partial charge in [0, 0.05) is 121 Å². The fourth-order valence-electron chi connectivity index (χ4n) is 4.25. The molecule has 0 saturated heterocycles. The van der Waals surface area contributed by atoms with Gasteiger partial charge in [-0.1, -0.05) is 0 Å². The van der Waals surface area contributed by atoms with Crippen molar-refractivity contribution in [3.05, 3.63) is 0 Å². The van der Waals surface area contributed by atoms with Crippen molar-refractivity contribution in [3.8, 4) is 0 Å². The number of methoxy groups -OCH3 is 17. The SMILES string of the molecule is COCC(COC)(COC)COC.COCC(COC)OC.COCC(COCC(COC)OC)OC.COCC(OC)C(COC)OC.COCCOC. The van der Waals surface area contributed by atoms with Gasteiger partial charge in [0.05, 0.1) is 97.9 Å².